The number of hydrogen-bond acceptors (Lipinski definition) is 2. The number of fused-ring (bicyclic) bond motifs is 1. The van der Waals surface area contributed by atoms with Crippen LogP contribution in [0.1, 0.15) is 54.9 Å². The molecule has 0 saturated heterocycles. The van der Waals surface area contributed by atoms with Crippen LogP contribution < -0.4 is 0 Å². The van der Waals surface area contributed by atoms with Crippen molar-refractivity contribution in [2.75, 3.05) is 6.61 Å². The van der Waals surface area contributed by atoms with Crippen LogP contribution in [-0.4, -0.2) is 18.8 Å². The molecule has 4 rings (SSSR count). The third-order valence-electron chi connectivity index (χ3n) is 5.83. The van der Waals surface area contributed by atoms with Crippen molar-refractivity contribution in [3.63, 3.8) is 0 Å². The fourth-order valence-electron chi connectivity index (χ4n) is 4.33. The minimum Gasteiger partial charge on any atom is -0.379 e. The van der Waals surface area contributed by atoms with E-state index in [4.69, 9.17) is 9.47 Å². The molecule has 0 N–H and O–H groups in total. The van der Waals surface area contributed by atoms with E-state index in [1.165, 1.54) is 18.2 Å². The Hall–Kier alpha value is -2.18. The fourth-order valence-corrected chi connectivity index (χ4v) is 4.33. The predicted octanol–water partition coefficient (Wildman–Crippen LogP) is 6.20. The smallest absolute Gasteiger partial charge is 0.159 e. The van der Waals surface area contributed by atoms with E-state index in [1.54, 1.807) is 0 Å². The van der Waals surface area contributed by atoms with E-state index < -0.39 is 23.3 Å². The third kappa shape index (κ3) is 4.44. The molecule has 2 aliphatic carbocycles. The molecule has 160 valence electrons. The summed E-state index contributed by atoms with van der Waals surface area (Å²) >= 11 is 0. The average molecular weight is 420 g/mol. The Kier molecular flexibility index (Phi) is 6.25. The number of halogens is 4. The van der Waals surface area contributed by atoms with Crippen molar-refractivity contribution in [2.24, 2.45) is 0 Å². The van der Waals surface area contributed by atoms with Gasteiger partial charge < -0.3 is 9.47 Å². The van der Waals surface area contributed by atoms with Crippen LogP contribution in [0.5, 0.6) is 0 Å². The molecule has 0 unspecified atom stereocenters. The van der Waals surface area contributed by atoms with Gasteiger partial charge in [0.2, 0.25) is 0 Å². The van der Waals surface area contributed by atoms with Gasteiger partial charge in [-0.15, -0.1) is 0 Å². The molecular formula is C24H24F4O2. The zero-order valence-electron chi connectivity index (χ0n) is 16.8. The summed E-state index contributed by atoms with van der Waals surface area (Å²) in [5, 5.41) is 0. The van der Waals surface area contributed by atoms with E-state index in [1.807, 2.05) is 6.92 Å². The highest BCUT2D eigenvalue weighted by atomic mass is 19.2. The summed E-state index contributed by atoms with van der Waals surface area (Å²) in [5.41, 5.74) is 1.59. The Morgan fingerprint density at radius 1 is 0.800 bits per heavy atom. The lowest BCUT2D eigenvalue weighted by molar-refractivity contribution is -0.0340. The van der Waals surface area contributed by atoms with Gasteiger partial charge in [-0.1, -0.05) is 6.08 Å². The number of rotatable bonds is 6. The summed E-state index contributed by atoms with van der Waals surface area (Å²) in [5.74, 6) is -3.34. The van der Waals surface area contributed by atoms with E-state index in [9.17, 15) is 17.6 Å². The summed E-state index contributed by atoms with van der Waals surface area (Å²) in [7, 11) is 0. The second kappa shape index (κ2) is 8.90. The number of ether oxygens (including phenoxy) is 2. The highest BCUT2D eigenvalue weighted by molar-refractivity contribution is 5.89. The topological polar surface area (TPSA) is 18.5 Å². The number of benzene rings is 2. The molecule has 0 spiro atoms. The molecule has 0 aromatic heterocycles. The summed E-state index contributed by atoms with van der Waals surface area (Å²) < 4.78 is 67.9. The lowest BCUT2D eigenvalue weighted by Gasteiger charge is -2.28. The van der Waals surface area contributed by atoms with E-state index in [2.05, 4.69) is 0 Å². The quantitative estimate of drug-likeness (QED) is 0.518. The Morgan fingerprint density at radius 3 is 2.03 bits per heavy atom. The van der Waals surface area contributed by atoms with Gasteiger partial charge in [-0.2, -0.15) is 0 Å². The zero-order valence-corrected chi connectivity index (χ0v) is 16.8. The van der Waals surface area contributed by atoms with Gasteiger partial charge in [0, 0.05) is 12.2 Å². The molecule has 0 atom stereocenters. The molecule has 1 fully saturated rings. The van der Waals surface area contributed by atoms with Crippen molar-refractivity contribution in [1.29, 1.82) is 0 Å². The summed E-state index contributed by atoms with van der Waals surface area (Å²) in [6, 6.07) is 4.67. The van der Waals surface area contributed by atoms with E-state index in [-0.39, 0.29) is 30.8 Å². The molecule has 2 aliphatic rings. The molecule has 1 saturated carbocycles. The van der Waals surface area contributed by atoms with Gasteiger partial charge in [0.25, 0.3) is 0 Å². The van der Waals surface area contributed by atoms with E-state index in [0.717, 1.165) is 37.8 Å². The zero-order chi connectivity index (χ0) is 21.3. The minimum absolute atomic E-state index is 0.0596. The lowest BCUT2D eigenvalue weighted by Crippen LogP contribution is -2.26. The minimum atomic E-state index is -0.977. The number of hydrogen-bond donors (Lipinski definition) is 0. The molecule has 6 heteroatoms. The van der Waals surface area contributed by atoms with Crippen molar-refractivity contribution in [2.45, 2.75) is 57.8 Å². The largest absolute Gasteiger partial charge is 0.379 e. The van der Waals surface area contributed by atoms with Crippen molar-refractivity contribution in [1.82, 2.24) is 0 Å². The summed E-state index contributed by atoms with van der Waals surface area (Å²) in [6.45, 7) is 2.81. The highest BCUT2D eigenvalue weighted by Crippen LogP contribution is 2.35. The maximum Gasteiger partial charge on any atom is 0.159 e. The van der Waals surface area contributed by atoms with Gasteiger partial charge in [-0.05, 0) is 85.6 Å². The maximum atomic E-state index is 14.7. The Bertz CT molecular complexity index is 939. The Balaban J connectivity index is 1.43. The van der Waals surface area contributed by atoms with Crippen LogP contribution in [0.15, 0.2) is 24.3 Å². The molecular weight excluding hydrogens is 396 g/mol. The van der Waals surface area contributed by atoms with Crippen LogP contribution >= 0.6 is 0 Å². The first-order valence-electron chi connectivity index (χ1n) is 10.3. The molecule has 0 amide bonds. The monoisotopic (exact) mass is 420 g/mol. The lowest BCUT2D eigenvalue weighted by atomic mass is 9.95. The Labute approximate surface area is 173 Å². The van der Waals surface area contributed by atoms with Crippen LogP contribution in [-0.2, 0) is 22.5 Å². The fraction of sp³-hybridized carbons (Fsp3) is 0.417. The SMILES string of the molecule is CCOC1CCC(OCc2cc(F)c(C3=Cc4cc(F)c(F)cc4C3)c(F)c2)CC1. The summed E-state index contributed by atoms with van der Waals surface area (Å²) in [6.07, 6.45) is 5.58. The first-order chi connectivity index (χ1) is 14.4. The van der Waals surface area contributed by atoms with E-state index >= 15 is 0 Å². The molecule has 30 heavy (non-hydrogen) atoms. The van der Waals surface area contributed by atoms with Gasteiger partial charge in [0.1, 0.15) is 11.6 Å². The maximum absolute atomic E-state index is 14.7. The predicted molar refractivity (Wildman–Crippen MR) is 107 cm³/mol. The van der Waals surface area contributed by atoms with Crippen molar-refractivity contribution < 1.29 is 27.0 Å². The normalized spacial score (nSPS) is 20.9. The molecule has 0 aliphatic heterocycles. The van der Waals surface area contributed by atoms with Crippen molar-refractivity contribution in [3.05, 3.63) is 69.8 Å². The van der Waals surface area contributed by atoms with Crippen LogP contribution in [0.25, 0.3) is 11.6 Å². The van der Waals surface area contributed by atoms with Gasteiger partial charge in [-0.25, -0.2) is 17.6 Å². The first-order valence-corrected chi connectivity index (χ1v) is 10.3. The van der Waals surface area contributed by atoms with Gasteiger partial charge >= 0.3 is 0 Å². The van der Waals surface area contributed by atoms with Crippen LogP contribution in [0.3, 0.4) is 0 Å². The molecule has 2 nitrogen and oxygen atoms in total. The van der Waals surface area contributed by atoms with E-state index in [0.29, 0.717) is 28.9 Å². The van der Waals surface area contributed by atoms with Gasteiger partial charge in [-0.3, -0.25) is 0 Å². The Morgan fingerprint density at radius 2 is 1.40 bits per heavy atom. The highest BCUT2D eigenvalue weighted by Gasteiger charge is 2.24. The second-order valence-corrected chi connectivity index (χ2v) is 7.91. The van der Waals surface area contributed by atoms with Crippen LogP contribution in [0, 0.1) is 23.3 Å². The van der Waals surface area contributed by atoms with Crippen LogP contribution in [0.4, 0.5) is 17.6 Å². The molecule has 0 bridgehead atoms. The third-order valence-corrected chi connectivity index (χ3v) is 5.83. The molecule has 0 radical (unpaired) electrons. The molecule has 2 aromatic carbocycles. The van der Waals surface area contributed by atoms with Gasteiger partial charge in [0.15, 0.2) is 11.6 Å². The first kappa shape index (κ1) is 21.1. The van der Waals surface area contributed by atoms with Crippen molar-refractivity contribution >= 4 is 11.6 Å². The average Bonchev–Trinajstić information content (AvgIpc) is 3.09. The van der Waals surface area contributed by atoms with Crippen molar-refractivity contribution in [3.8, 4) is 0 Å². The standard InChI is InChI=1S/C24H24F4O2/c1-2-29-18-3-5-19(6-4-18)30-13-14-7-22(27)24(23(28)8-14)17-9-15-11-20(25)21(26)12-16(15)10-17/h7-9,11-12,18-19H,2-6,10,13H2,1H3. The molecule has 2 aromatic rings. The van der Waals surface area contributed by atoms with Crippen LogP contribution in [0.2, 0.25) is 0 Å². The number of allylic oxidation sites excluding steroid dienone is 1. The molecule has 0 heterocycles. The van der Waals surface area contributed by atoms with Gasteiger partial charge in [0.05, 0.1) is 18.8 Å². The summed E-state index contributed by atoms with van der Waals surface area (Å²) in [4.78, 5) is 0. The second-order valence-electron chi connectivity index (χ2n) is 7.91.